The fourth-order valence-corrected chi connectivity index (χ4v) is 5.45. The van der Waals surface area contributed by atoms with Crippen LogP contribution in [-0.4, -0.2) is 45.8 Å². The minimum absolute atomic E-state index is 0.0206. The molecular formula is C32H39NO7. The Hall–Kier alpha value is -3.94. The first-order chi connectivity index (χ1) is 19.3. The van der Waals surface area contributed by atoms with Crippen molar-refractivity contribution < 1.29 is 33.3 Å². The van der Waals surface area contributed by atoms with Gasteiger partial charge in [-0.05, 0) is 74.9 Å². The molecule has 0 bridgehead atoms. The van der Waals surface area contributed by atoms with Crippen LogP contribution < -0.4 is 24.3 Å². The quantitative estimate of drug-likeness (QED) is 0.371. The largest absolute Gasteiger partial charge is 0.493 e. The first-order valence-electron chi connectivity index (χ1n) is 13.7. The molecule has 2 aromatic carbocycles. The van der Waals surface area contributed by atoms with Gasteiger partial charge in [-0.3, -0.25) is 4.79 Å². The number of ether oxygens (including phenoxy) is 5. The summed E-state index contributed by atoms with van der Waals surface area (Å²) in [6, 6.07) is 11.3. The van der Waals surface area contributed by atoms with Crippen LogP contribution in [0.15, 0.2) is 58.9 Å². The predicted octanol–water partition coefficient (Wildman–Crippen LogP) is 5.81. The number of allylic oxidation sites excluding steroid dienone is 3. The summed E-state index contributed by atoms with van der Waals surface area (Å²) in [6.07, 6.45) is 1.34. The number of ketones is 1. The summed E-state index contributed by atoms with van der Waals surface area (Å²) >= 11 is 0. The SMILES string of the molecule is CCOc1ccc(C2C(C(=O)OC(C)CC)=C(C)NC3=C2C(=O)CC(c2ccc(OC)c(OC)c2)C3)cc1OC. The third-order valence-electron chi connectivity index (χ3n) is 7.63. The number of hydrogen-bond acceptors (Lipinski definition) is 8. The highest BCUT2D eigenvalue weighted by Crippen LogP contribution is 2.47. The van der Waals surface area contributed by atoms with Crippen molar-refractivity contribution in [2.24, 2.45) is 0 Å². The van der Waals surface area contributed by atoms with Gasteiger partial charge in [-0.1, -0.05) is 19.1 Å². The van der Waals surface area contributed by atoms with E-state index in [2.05, 4.69) is 5.32 Å². The molecule has 3 unspecified atom stereocenters. The summed E-state index contributed by atoms with van der Waals surface area (Å²) in [5.74, 6) is 1.28. The Labute approximate surface area is 236 Å². The summed E-state index contributed by atoms with van der Waals surface area (Å²) in [6.45, 7) is 8.08. The van der Waals surface area contributed by atoms with Crippen LogP contribution in [0.4, 0.5) is 0 Å². The Kier molecular flexibility index (Phi) is 9.07. The van der Waals surface area contributed by atoms with Crippen molar-refractivity contribution in [1.29, 1.82) is 0 Å². The van der Waals surface area contributed by atoms with Crippen LogP contribution in [0.5, 0.6) is 23.0 Å². The van der Waals surface area contributed by atoms with Gasteiger partial charge >= 0.3 is 5.97 Å². The summed E-state index contributed by atoms with van der Waals surface area (Å²) < 4.78 is 28.0. The van der Waals surface area contributed by atoms with Gasteiger partial charge < -0.3 is 29.0 Å². The van der Waals surface area contributed by atoms with Crippen LogP contribution in [0, 0.1) is 0 Å². The third kappa shape index (κ3) is 5.67. The van der Waals surface area contributed by atoms with E-state index in [1.807, 2.05) is 64.1 Å². The highest BCUT2D eigenvalue weighted by Gasteiger charge is 2.42. The fourth-order valence-electron chi connectivity index (χ4n) is 5.45. The standard InChI is InChI=1S/C32H39NO7/c1-8-18(3)40-32(35)29-19(4)33-23-14-22(20-10-12-25(36-5)27(16-20)37-6)15-24(34)31(23)30(29)21-11-13-26(39-9-2)28(17-21)38-7/h10-13,16-18,22,30,33H,8-9,14-15H2,1-7H3. The summed E-state index contributed by atoms with van der Waals surface area (Å²) in [4.78, 5) is 27.5. The molecule has 1 aliphatic heterocycles. The lowest BCUT2D eigenvalue weighted by atomic mass is 9.71. The fraction of sp³-hybridized carbons (Fsp3) is 0.438. The molecule has 0 saturated heterocycles. The average molecular weight is 550 g/mol. The maximum absolute atomic E-state index is 14.0. The Balaban J connectivity index is 1.80. The molecule has 4 rings (SSSR count). The van der Waals surface area contributed by atoms with Crippen LogP contribution in [0.1, 0.15) is 69.9 Å². The second-order valence-corrected chi connectivity index (χ2v) is 10.1. The van der Waals surface area contributed by atoms with Gasteiger partial charge in [-0.15, -0.1) is 0 Å². The average Bonchev–Trinajstić information content (AvgIpc) is 2.96. The normalized spacial score (nSPS) is 19.4. The molecule has 3 atom stereocenters. The van der Waals surface area contributed by atoms with Gasteiger partial charge in [0, 0.05) is 29.3 Å². The highest BCUT2D eigenvalue weighted by atomic mass is 16.5. The number of esters is 1. The predicted molar refractivity (Wildman–Crippen MR) is 152 cm³/mol. The Morgan fingerprint density at radius 1 is 0.925 bits per heavy atom. The minimum Gasteiger partial charge on any atom is -0.493 e. The van der Waals surface area contributed by atoms with Gasteiger partial charge in [0.05, 0.1) is 39.6 Å². The van der Waals surface area contributed by atoms with Crippen molar-refractivity contribution in [2.75, 3.05) is 27.9 Å². The number of carbonyl (C=O) groups excluding carboxylic acids is 2. The molecule has 1 heterocycles. The van der Waals surface area contributed by atoms with E-state index in [0.29, 0.717) is 65.7 Å². The lowest BCUT2D eigenvalue weighted by Gasteiger charge is -2.37. The molecule has 8 nitrogen and oxygen atoms in total. The number of hydrogen-bond donors (Lipinski definition) is 1. The van der Waals surface area contributed by atoms with E-state index < -0.39 is 11.9 Å². The van der Waals surface area contributed by atoms with Crippen LogP contribution in [0.2, 0.25) is 0 Å². The van der Waals surface area contributed by atoms with Gasteiger partial charge in [0.2, 0.25) is 0 Å². The number of dihydropyridines is 1. The first kappa shape index (κ1) is 29.1. The maximum Gasteiger partial charge on any atom is 0.337 e. The van der Waals surface area contributed by atoms with Crippen molar-refractivity contribution in [2.45, 2.75) is 64.9 Å². The molecule has 0 spiro atoms. The third-order valence-corrected chi connectivity index (χ3v) is 7.63. The molecule has 40 heavy (non-hydrogen) atoms. The Morgan fingerprint density at radius 3 is 2.20 bits per heavy atom. The van der Waals surface area contributed by atoms with E-state index in [1.54, 1.807) is 21.3 Å². The lowest BCUT2D eigenvalue weighted by Crippen LogP contribution is -2.36. The van der Waals surface area contributed by atoms with Crippen LogP contribution in [-0.2, 0) is 14.3 Å². The van der Waals surface area contributed by atoms with Crippen molar-refractivity contribution >= 4 is 11.8 Å². The van der Waals surface area contributed by atoms with E-state index in [9.17, 15) is 9.59 Å². The van der Waals surface area contributed by atoms with Crippen LogP contribution in [0.3, 0.4) is 0 Å². The topological polar surface area (TPSA) is 92.3 Å². The molecule has 1 aliphatic carbocycles. The van der Waals surface area contributed by atoms with Crippen molar-refractivity contribution in [3.05, 3.63) is 70.1 Å². The molecule has 2 aromatic rings. The molecule has 0 amide bonds. The Bertz CT molecular complexity index is 1340. The summed E-state index contributed by atoms with van der Waals surface area (Å²) in [7, 11) is 4.77. The molecular weight excluding hydrogens is 510 g/mol. The molecule has 0 aromatic heterocycles. The molecule has 2 aliphatic rings. The molecule has 0 radical (unpaired) electrons. The number of carbonyl (C=O) groups is 2. The highest BCUT2D eigenvalue weighted by molar-refractivity contribution is 6.04. The maximum atomic E-state index is 14.0. The number of rotatable bonds is 10. The first-order valence-corrected chi connectivity index (χ1v) is 13.7. The zero-order valence-electron chi connectivity index (χ0n) is 24.4. The van der Waals surface area contributed by atoms with Gasteiger partial charge in [-0.2, -0.15) is 0 Å². The van der Waals surface area contributed by atoms with E-state index in [0.717, 1.165) is 16.8 Å². The number of Topliss-reactive ketones (excluding diaryl/α,β-unsaturated/α-hetero) is 1. The van der Waals surface area contributed by atoms with Crippen LogP contribution >= 0.6 is 0 Å². The summed E-state index contributed by atoms with van der Waals surface area (Å²) in [5.41, 5.74) is 4.26. The molecule has 0 fully saturated rings. The van der Waals surface area contributed by atoms with E-state index in [-0.39, 0.29) is 17.8 Å². The Morgan fingerprint density at radius 2 is 1.55 bits per heavy atom. The molecule has 1 N–H and O–H groups in total. The van der Waals surface area contributed by atoms with E-state index in [4.69, 9.17) is 23.7 Å². The van der Waals surface area contributed by atoms with Crippen LogP contribution in [0.25, 0.3) is 0 Å². The number of methoxy groups -OCH3 is 3. The second kappa shape index (κ2) is 12.5. The van der Waals surface area contributed by atoms with Crippen molar-refractivity contribution in [1.82, 2.24) is 5.32 Å². The molecule has 0 saturated carbocycles. The minimum atomic E-state index is -0.601. The zero-order valence-corrected chi connectivity index (χ0v) is 24.4. The van der Waals surface area contributed by atoms with Crippen molar-refractivity contribution in [3.8, 4) is 23.0 Å². The van der Waals surface area contributed by atoms with Gasteiger partial charge in [0.25, 0.3) is 0 Å². The summed E-state index contributed by atoms with van der Waals surface area (Å²) in [5, 5.41) is 3.41. The zero-order chi connectivity index (χ0) is 29.0. The van der Waals surface area contributed by atoms with E-state index >= 15 is 0 Å². The van der Waals surface area contributed by atoms with E-state index in [1.165, 1.54) is 0 Å². The second-order valence-electron chi connectivity index (χ2n) is 10.1. The van der Waals surface area contributed by atoms with Gasteiger partial charge in [-0.25, -0.2) is 4.79 Å². The lowest BCUT2D eigenvalue weighted by molar-refractivity contribution is -0.144. The van der Waals surface area contributed by atoms with Gasteiger partial charge in [0.15, 0.2) is 28.8 Å². The molecule has 214 valence electrons. The number of benzene rings is 2. The number of nitrogens with one attached hydrogen (secondary N) is 1. The smallest absolute Gasteiger partial charge is 0.337 e. The van der Waals surface area contributed by atoms with Gasteiger partial charge in [0.1, 0.15) is 0 Å². The molecule has 8 heteroatoms. The van der Waals surface area contributed by atoms with Crippen molar-refractivity contribution in [3.63, 3.8) is 0 Å². The monoisotopic (exact) mass is 549 g/mol.